The Labute approximate surface area is 96.3 Å². The molecule has 0 aromatic carbocycles. The first kappa shape index (κ1) is 11.1. The van der Waals surface area contributed by atoms with Crippen molar-refractivity contribution in [1.82, 2.24) is 10.2 Å². The molecule has 2 rings (SSSR count). The Morgan fingerprint density at radius 2 is 2.40 bits per heavy atom. The average Bonchev–Trinajstić information content (AvgIpc) is 2.92. The Bertz CT molecular complexity index is 280. The van der Waals surface area contributed by atoms with E-state index >= 15 is 0 Å². The fourth-order valence-electron chi connectivity index (χ4n) is 1.58. The molecule has 0 saturated heterocycles. The molecular formula is C12H20N2S. The Hall–Kier alpha value is -0.380. The van der Waals surface area contributed by atoms with E-state index in [9.17, 15) is 0 Å². The van der Waals surface area contributed by atoms with E-state index in [0.29, 0.717) is 6.04 Å². The van der Waals surface area contributed by atoms with Crippen LogP contribution in [0.15, 0.2) is 17.5 Å². The largest absolute Gasteiger partial charge is 0.312 e. The zero-order chi connectivity index (χ0) is 10.7. The van der Waals surface area contributed by atoms with Crippen LogP contribution in [-0.2, 0) is 6.54 Å². The molecule has 0 bridgehead atoms. The van der Waals surface area contributed by atoms with Crippen molar-refractivity contribution in [3.05, 3.63) is 22.4 Å². The fourth-order valence-corrected chi connectivity index (χ4v) is 2.35. The van der Waals surface area contributed by atoms with Gasteiger partial charge in [-0.1, -0.05) is 6.07 Å². The van der Waals surface area contributed by atoms with Crippen molar-refractivity contribution >= 4 is 11.3 Å². The molecule has 0 spiro atoms. The average molecular weight is 224 g/mol. The molecule has 1 aliphatic carbocycles. The van der Waals surface area contributed by atoms with Crippen LogP contribution in [0, 0.1) is 0 Å². The van der Waals surface area contributed by atoms with Gasteiger partial charge in [0.25, 0.3) is 0 Å². The van der Waals surface area contributed by atoms with Crippen LogP contribution in [0.2, 0.25) is 0 Å². The summed E-state index contributed by atoms with van der Waals surface area (Å²) in [7, 11) is 2.21. The third kappa shape index (κ3) is 3.59. The lowest BCUT2D eigenvalue weighted by Crippen LogP contribution is -2.38. The number of nitrogens with one attached hydrogen (secondary N) is 1. The summed E-state index contributed by atoms with van der Waals surface area (Å²) in [6.45, 7) is 4.49. The van der Waals surface area contributed by atoms with Crippen molar-refractivity contribution in [3.63, 3.8) is 0 Å². The van der Waals surface area contributed by atoms with E-state index in [1.165, 1.54) is 17.7 Å². The van der Waals surface area contributed by atoms with Crippen LogP contribution in [0.3, 0.4) is 0 Å². The summed E-state index contributed by atoms with van der Waals surface area (Å²) in [5, 5.41) is 5.73. The molecule has 0 radical (unpaired) electrons. The van der Waals surface area contributed by atoms with Gasteiger partial charge in [-0.3, -0.25) is 4.90 Å². The van der Waals surface area contributed by atoms with Gasteiger partial charge in [0.1, 0.15) is 0 Å². The monoisotopic (exact) mass is 224 g/mol. The summed E-state index contributed by atoms with van der Waals surface area (Å²) < 4.78 is 0. The molecule has 84 valence electrons. The first-order chi connectivity index (χ1) is 7.25. The predicted octanol–water partition coefficient (Wildman–Crippen LogP) is 2.32. The highest BCUT2D eigenvalue weighted by molar-refractivity contribution is 7.09. The molecule has 1 unspecified atom stereocenters. The van der Waals surface area contributed by atoms with Gasteiger partial charge in [0.2, 0.25) is 0 Å². The molecule has 1 aromatic heterocycles. The van der Waals surface area contributed by atoms with E-state index in [1.807, 2.05) is 11.3 Å². The normalized spacial score (nSPS) is 18.3. The smallest absolute Gasteiger partial charge is 0.0328 e. The SMILES string of the molecule is CC(CNC1CC1)N(C)Cc1cccs1. The minimum atomic E-state index is 0.618. The van der Waals surface area contributed by atoms with E-state index in [-0.39, 0.29) is 0 Å². The molecule has 1 N–H and O–H groups in total. The van der Waals surface area contributed by atoms with Gasteiger partial charge in [0, 0.05) is 30.1 Å². The Kier molecular flexibility index (Phi) is 3.78. The zero-order valence-electron chi connectivity index (χ0n) is 9.57. The lowest BCUT2D eigenvalue weighted by molar-refractivity contribution is 0.244. The molecule has 1 saturated carbocycles. The van der Waals surface area contributed by atoms with Gasteiger partial charge in [-0.2, -0.15) is 0 Å². The van der Waals surface area contributed by atoms with Crippen LogP contribution in [-0.4, -0.2) is 30.6 Å². The molecule has 0 aliphatic heterocycles. The van der Waals surface area contributed by atoms with Crippen molar-refractivity contribution in [2.75, 3.05) is 13.6 Å². The summed E-state index contributed by atoms with van der Waals surface area (Å²) >= 11 is 1.84. The van der Waals surface area contributed by atoms with Crippen LogP contribution in [0.5, 0.6) is 0 Å². The second kappa shape index (κ2) is 5.10. The van der Waals surface area contributed by atoms with Gasteiger partial charge < -0.3 is 5.32 Å². The third-order valence-electron chi connectivity index (χ3n) is 3.02. The van der Waals surface area contributed by atoms with Crippen molar-refractivity contribution in [3.8, 4) is 0 Å². The molecule has 2 nitrogen and oxygen atoms in total. The summed E-state index contributed by atoms with van der Waals surface area (Å²) in [6.07, 6.45) is 2.75. The van der Waals surface area contributed by atoms with Crippen LogP contribution < -0.4 is 5.32 Å². The number of likely N-dealkylation sites (N-methyl/N-ethyl adjacent to an activating group) is 1. The van der Waals surface area contributed by atoms with Gasteiger partial charge in [-0.15, -0.1) is 11.3 Å². The molecule has 0 amide bonds. The van der Waals surface area contributed by atoms with Crippen LogP contribution in [0.4, 0.5) is 0 Å². The molecule has 15 heavy (non-hydrogen) atoms. The van der Waals surface area contributed by atoms with Gasteiger partial charge in [0.05, 0.1) is 0 Å². The molecule has 3 heteroatoms. The second-order valence-electron chi connectivity index (χ2n) is 4.53. The Balaban J connectivity index is 1.71. The standard InChI is InChI=1S/C12H20N2S/c1-10(8-13-11-5-6-11)14(2)9-12-4-3-7-15-12/h3-4,7,10-11,13H,5-6,8-9H2,1-2H3. The van der Waals surface area contributed by atoms with E-state index < -0.39 is 0 Å². The molecule has 1 fully saturated rings. The summed E-state index contributed by atoms with van der Waals surface area (Å²) in [6, 6.07) is 5.78. The molecular weight excluding hydrogens is 204 g/mol. The maximum atomic E-state index is 3.58. The van der Waals surface area contributed by atoms with E-state index in [2.05, 4.69) is 41.7 Å². The number of hydrogen-bond donors (Lipinski definition) is 1. The van der Waals surface area contributed by atoms with Crippen LogP contribution >= 0.6 is 11.3 Å². The van der Waals surface area contributed by atoms with E-state index in [4.69, 9.17) is 0 Å². The van der Waals surface area contributed by atoms with Crippen LogP contribution in [0.25, 0.3) is 0 Å². The molecule has 1 aliphatic rings. The van der Waals surface area contributed by atoms with Gasteiger partial charge >= 0.3 is 0 Å². The first-order valence-electron chi connectivity index (χ1n) is 5.71. The van der Waals surface area contributed by atoms with E-state index in [1.54, 1.807) is 0 Å². The van der Waals surface area contributed by atoms with Crippen molar-refractivity contribution in [2.45, 2.75) is 38.4 Å². The van der Waals surface area contributed by atoms with Crippen molar-refractivity contribution in [2.24, 2.45) is 0 Å². The summed E-state index contributed by atoms with van der Waals surface area (Å²) in [5.74, 6) is 0. The second-order valence-corrected chi connectivity index (χ2v) is 5.56. The van der Waals surface area contributed by atoms with Crippen molar-refractivity contribution in [1.29, 1.82) is 0 Å². The number of thiophene rings is 1. The topological polar surface area (TPSA) is 15.3 Å². The van der Waals surface area contributed by atoms with Gasteiger partial charge in [0.15, 0.2) is 0 Å². The predicted molar refractivity (Wildman–Crippen MR) is 66.3 cm³/mol. The maximum absolute atomic E-state index is 3.58. The van der Waals surface area contributed by atoms with Crippen molar-refractivity contribution < 1.29 is 0 Å². The number of nitrogens with zero attached hydrogens (tertiary/aromatic N) is 1. The lowest BCUT2D eigenvalue weighted by atomic mass is 10.3. The highest BCUT2D eigenvalue weighted by Crippen LogP contribution is 2.19. The minimum absolute atomic E-state index is 0.618. The van der Waals surface area contributed by atoms with Gasteiger partial charge in [-0.05, 0) is 38.3 Å². The van der Waals surface area contributed by atoms with E-state index in [0.717, 1.165) is 19.1 Å². The maximum Gasteiger partial charge on any atom is 0.0328 e. The number of hydrogen-bond acceptors (Lipinski definition) is 3. The summed E-state index contributed by atoms with van der Waals surface area (Å²) in [5.41, 5.74) is 0. The number of rotatable bonds is 6. The lowest BCUT2D eigenvalue weighted by Gasteiger charge is -2.24. The molecule has 1 atom stereocenters. The summed E-state index contributed by atoms with van der Waals surface area (Å²) in [4.78, 5) is 3.87. The quantitative estimate of drug-likeness (QED) is 0.798. The fraction of sp³-hybridized carbons (Fsp3) is 0.667. The zero-order valence-corrected chi connectivity index (χ0v) is 10.4. The van der Waals surface area contributed by atoms with Crippen LogP contribution in [0.1, 0.15) is 24.6 Å². The highest BCUT2D eigenvalue weighted by atomic mass is 32.1. The molecule has 1 heterocycles. The molecule has 1 aromatic rings. The minimum Gasteiger partial charge on any atom is -0.312 e. The highest BCUT2D eigenvalue weighted by Gasteiger charge is 2.21. The third-order valence-corrected chi connectivity index (χ3v) is 3.88. The van der Waals surface area contributed by atoms with Gasteiger partial charge in [-0.25, -0.2) is 0 Å². The Morgan fingerprint density at radius 3 is 3.00 bits per heavy atom. The Morgan fingerprint density at radius 1 is 1.60 bits per heavy atom. The first-order valence-corrected chi connectivity index (χ1v) is 6.59.